The molecule has 2 aromatic rings. The second-order valence-electron chi connectivity index (χ2n) is 5.71. The summed E-state index contributed by atoms with van der Waals surface area (Å²) in [6, 6.07) is 9.33. The molecule has 0 amide bonds. The molecule has 0 aliphatic carbocycles. The van der Waals surface area contributed by atoms with E-state index in [1.54, 1.807) is 62.3 Å². The van der Waals surface area contributed by atoms with Gasteiger partial charge in [0.05, 0.1) is 21.0 Å². The normalized spacial score (nSPS) is 10.3. The van der Waals surface area contributed by atoms with Crippen LogP contribution in [-0.2, 0) is 0 Å². The van der Waals surface area contributed by atoms with Crippen molar-refractivity contribution >= 4 is 22.7 Å². The fraction of sp³-hybridized carbons (Fsp3) is 0.250. The summed E-state index contributed by atoms with van der Waals surface area (Å²) in [6.07, 6.45) is 0. The molecule has 0 unspecified atom stereocenters. The molecule has 0 aliphatic heterocycles. The third kappa shape index (κ3) is 3.27. The number of nitro benzene ring substituents is 2. The zero-order valence-electron chi connectivity index (χ0n) is 13.9. The minimum absolute atomic E-state index is 0.165. The van der Waals surface area contributed by atoms with Gasteiger partial charge in [-0.05, 0) is 24.3 Å². The van der Waals surface area contributed by atoms with Gasteiger partial charge < -0.3 is 9.80 Å². The number of anilines is 2. The molecular weight excluding hydrogens is 312 g/mol. The summed E-state index contributed by atoms with van der Waals surface area (Å²) in [4.78, 5) is 25.3. The Bertz CT molecular complexity index is 735. The van der Waals surface area contributed by atoms with Gasteiger partial charge in [0.25, 0.3) is 11.4 Å². The van der Waals surface area contributed by atoms with Gasteiger partial charge in [-0.1, -0.05) is 0 Å². The van der Waals surface area contributed by atoms with E-state index in [2.05, 4.69) is 0 Å². The van der Waals surface area contributed by atoms with E-state index in [9.17, 15) is 20.2 Å². The van der Waals surface area contributed by atoms with Crippen LogP contribution in [0.3, 0.4) is 0 Å². The highest BCUT2D eigenvalue weighted by molar-refractivity contribution is 5.84. The highest BCUT2D eigenvalue weighted by Crippen LogP contribution is 2.39. The average molecular weight is 330 g/mol. The minimum Gasteiger partial charge on any atom is -0.377 e. The predicted molar refractivity (Wildman–Crippen MR) is 93.8 cm³/mol. The van der Waals surface area contributed by atoms with Crippen LogP contribution in [0.5, 0.6) is 0 Å². The van der Waals surface area contributed by atoms with Crippen LogP contribution < -0.4 is 9.80 Å². The molecule has 2 rings (SSSR count). The van der Waals surface area contributed by atoms with Gasteiger partial charge in [-0.2, -0.15) is 0 Å². The SMILES string of the molecule is CN(C)c1ccc(-c2ccc(N(C)C)cc2[N+](=O)[O-])c([N+](=O)[O-])c1. The van der Waals surface area contributed by atoms with E-state index < -0.39 is 9.85 Å². The number of hydrogen-bond acceptors (Lipinski definition) is 6. The molecule has 0 heterocycles. The van der Waals surface area contributed by atoms with E-state index in [4.69, 9.17) is 0 Å². The van der Waals surface area contributed by atoms with Crippen molar-refractivity contribution in [2.75, 3.05) is 38.0 Å². The van der Waals surface area contributed by atoms with Crippen LogP contribution in [-0.4, -0.2) is 38.0 Å². The summed E-state index contributed by atoms with van der Waals surface area (Å²) in [5.74, 6) is 0. The van der Waals surface area contributed by atoms with Crippen molar-refractivity contribution in [1.82, 2.24) is 0 Å². The van der Waals surface area contributed by atoms with E-state index in [0.29, 0.717) is 11.4 Å². The quantitative estimate of drug-likeness (QED) is 0.617. The molecule has 0 radical (unpaired) electrons. The largest absolute Gasteiger partial charge is 0.377 e. The lowest BCUT2D eigenvalue weighted by atomic mass is 10.0. The van der Waals surface area contributed by atoms with E-state index in [1.807, 2.05) is 0 Å². The Labute approximate surface area is 139 Å². The lowest BCUT2D eigenvalue weighted by molar-refractivity contribution is -0.386. The zero-order chi connectivity index (χ0) is 18.0. The van der Waals surface area contributed by atoms with Gasteiger partial charge in [0.15, 0.2) is 0 Å². The van der Waals surface area contributed by atoms with Crippen molar-refractivity contribution < 1.29 is 9.85 Å². The summed E-state index contributed by atoms with van der Waals surface area (Å²) >= 11 is 0. The van der Waals surface area contributed by atoms with Crippen LogP contribution in [0, 0.1) is 20.2 Å². The summed E-state index contributed by atoms with van der Waals surface area (Å²) < 4.78 is 0. The van der Waals surface area contributed by atoms with Crippen molar-refractivity contribution in [1.29, 1.82) is 0 Å². The molecule has 8 heteroatoms. The van der Waals surface area contributed by atoms with Crippen LogP contribution in [0.25, 0.3) is 11.1 Å². The van der Waals surface area contributed by atoms with Crippen LogP contribution in [0.4, 0.5) is 22.7 Å². The van der Waals surface area contributed by atoms with Crippen LogP contribution in [0.2, 0.25) is 0 Å². The van der Waals surface area contributed by atoms with Crippen molar-refractivity contribution in [3.05, 3.63) is 56.6 Å². The Morgan fingerprint density at radius 3 is 1.29 bits per heavy atom. The van der Waals surface area contributed by atoms with Crippen LogP contribution >= 0.6 is 0 Å². The van der Waals surface area contributed by atoms with Crippen molar-refractivity contribution in [2.45, 2.75) is 0 Å². The molecule has 126 valence electrons. The van der Waals surface area contributed by atoms with Crippen molar-refractivity contribution in [3.63, 3.8) is 0 Å². The van der Waals surface area contributed by atoms with Crippen molar-refractivity contribution in [3.8, 4) is 11.1 Å². The van der Waals surface area contributed by atoms with Crippen LogP contribution in [0.1, 0.15) is 0 Å². The first-order chi connectivity index (χ1) is 11.2. The number of rotatable bonds is 5. The number of nitro groups is 2. The standard InChI is InChI=1S/C16H18N4O4/c1-17(2)11-5-7-13(15(9-11)19(21)22)14-8-6-12(18(3)4)10-16(14)20(23)24/h5-10H,1-4H3. The fourth-order valence-electron chi connectivity index (χ4n) is 2.35. The molecule has 0 aromatic heterocycles. The Morgan fingerprint density at radius 2 is 1.04 bits per heavy atom. The molecule has 0 saturated carbocycles. The first-order valence-electron chi connectivity index (χ1n) is 7.14. The summed E-state index contributed by atoms with van der Waals surface area (Å²) in [7, 11) is 7.08. The lowest BCUT2D eigenvalue weighted by Crippen LogP contribution is -2.10. The van der Waals surface area contributed by atoms with Crippen LogP contribution in [0.15, 0.2) is 36.4 Å². The zero-order valence-corrected chi connectivity index (χ0v) is 13.9. The fourth-order valence-corrected chi connectivity index (χ4v) is 2.35. The maximum Gasteiger partial charge on any atom is 0.279 e. The molecule has 0 atom stereocenters. The topological polar surface area (TPSA) is 92.8 Å². The Morgan fingerprint density at radius 1 is 0.708 bits per heavy atom. The smallest absolute Gasteiger partial charge is 0.279 e. The van der Waals surface area contributed by atoms with E-state index in [1.165, 1.54) is 12.1 Å². The minimum atomic E-state index is -0.522. The maximum absolute atomic E-state index is 11.4. The van der Waals surface area contributed by atoms with Gasteiger partial charge in [0.2, 0.25) is 0 Å². The molecule has 8 nitrogen and oxygen atoms in total. The Kier molecular flexibility index (Phi) is 4.68. The maximum atomic E-state index is 11.4. The van der Waals surface area contributed by atoms with E-state index in [-0.39, 0.29) is 22.5 Å². The van der Waals surface area contributed by atoms with Gasteiger partial charge in [-0.15, -0.1) is 0 Å². The molecule has 0 fully saturated rings. The van der Waals surface area contributed by atoms with Gasteiger partial charge in [-0.25, -0.2) is 0 Å². The lowest BCUT2D eigenvalue weighted by Gasteiger charge is -2.15. The predicted octanol–water partition coefficient (Wildman–Crippen LogP) is 3.30. The number of hydrogen-bond donors (Lipinski definition) is 0. The molecule has 0 N–H and O–H groups in total. The van der Waals surface area contributed by atoms with E-state index >= 15 is 0 Å². The summed E-state index contributed by atoms with van der Waals surface area (Å²) in [6.45, 7) is 0. The highest BCUT2D eigenvalue weighted by atomic mass is 16.6. The Balaban J connectivity index is 2.71. The molecule has 0 aliphatic rings. The Hall–Kier alpha value is -3.16. The second kappa shape index (κ2) is 6.53. The summed E-state index contributed by atoms with van der Waals surface area (Å²) in [5, 5.41) is 22.9. The molecule has 2 aromatic carbocycles. The third-order valence-corrected chi connectivity index (χ3v) is 3.68. The monoisotopic (exact) mass is 330 g/mol. The number of nitrogens with zero attached hydrogens (tertiary/aromatic N) is 4. The van der Waals surface area contributed by atoms with Crippen molar-refractivity contribution in [2.24, 2.45) is 0 Å². The highest BCUT2D eigenvalue weighted by Gasteiger charge is 2.24. The third-order valence-electron chi connectivity index (χ3n) is 3.68. The van der Waals surface area contributed by atoms with Gasteiger partial charge in [0, 0.05) is 51.7 Å². The molecule has 24 heavy (non-hydrogen) atoms. The first kappa shape index (κ1) is 17.2. The van der Waals surface area contributed by atoms with Gasteiger partial charge in [0.1, 0.15) is 0 Å². The molecular formula is C16H18N4O4. The average Bonchev–Trinajstić information content (AvgIpc) is 2.53. The number of benzene rings is 2. The molecule has 0 spiro atoms. The molecule has 0 saturated heterocycles. The summed E-state index contributed by atoms with van der Waals surface area (Å²) in [5.41, 5.74) is 1.42. The first-order valence-corrected chi connectivity index (χ1v) is 7.14. The van der Waals surface area contributed by atoms with Gasteiger partial charge in [-0.3, -0.25) is 20.2 Å². The molecule has 0 bridgehead atoms. The van der Waals surface area contributed by atoms with E-state index in [0.717, 1.165) is 0 Å². The second-order valence-corrected chi connectivity index (χ2v) is 5.71. The van der Waals surface area contributed by atoms with Gasteiger partial charge >= 0.3 is 0 Å².